The molecule has 25 heavy (non-hydrogen) atoms. The van der Waals surface area contributed by atoms with Crippen LogP contribution in [0.15, 0.2) is 30.5 Å². The van der Waals surface area contributed by atoms with E-state index in [0.717, 1.165) is 16.5 Å². The Balaban J connectivity index is 1.98. The number of carbonyl (C=O) groups excluding carboxylic acids is 3. The van der Waals surface area contributed by atoms with Crippen LogP contribution in [0.2, 0.25) is 0 Å². The predicted molar refractivity (Wildman–Crippen MR) is 91.2 cm³/mol. The fraction of sp³-hybridized carbons (Fsp3) is 0.312. The normalized spacial score (nSPS) is 13.2. The maximum Gasteiger partial charge on any atom is 0.240 e. The van der Waals surface area contributed by atoms with Crippen LogP contribution in [0.25, 0.3) is 10.9 Å². The van der Waals surface area contributed by atoms with Gasteiger partial charge in [0.15, 0.2) is 0 Å². The highest BCUT2D eigenvalue weighted by atomic mass is 16.3. The Morgan fingerprint density at radius 3 is 2.64 bits per heavy atom. The molecule has 0 bridgehead atoms. The van der Waals surface area contributed by atoms with E-state index in [1.165, 1.54) is 0 Å². The topological polar surface area (TPSA) is 163 Å². The number of aromatic nitrogens is 1. The molecule has 1 heterocycles. The van der Waals surface area contributed by atoms with Crippen LogP contribution in [0.3, 0.4) is 0 Å². The number of hydrogen-bond donors (Lipinski definition) is 6. The van der Waals surface area contributed by atoms with E-state index in [2.05, 4.69) is 15.6 Å². The molecule has 2 atom stereocenters. The first-order valence-corrected chi connectivity index (χ1v) is 7.70. The quantitative estimate of drug-likeness (QED) is 0.328. The van der Waals surface area contributed by atoms with E-state index in [1.807, 2.05) is 24.3 Å². The molecular formula is C16H21N5O4. The van der Waals surface area contributed by atoms with E-state index >= 15 is 0 Å². The van der Waals surface area contributed by atoms with Crippen molar-refractivity contribution in [2.75, 3.05) is 13.2 Å². The van der Waals surface area contributed by atoms with Crippen molar-refractivity contribution in [2.24, 2.45) is 11.5 Å². The largest absolute Gasteiger partial charge is 0.394 e. The van der Waals surface area contributed by atoms with E-state index in [-0.39, 0.29) is 13.0 Å². The number of amides is 3. The van der Waals surface area contributed by atoms with Gasteiger partial charge in [-0.15, -0.1) is 0 Å². The van der Waals surface area contributed by atoms with Gasteiger partial charge < -0.3 is 32.2 Å². The van der Waals surface area contributed by atoms with Gasteiger partial charge in [-0.3, -0.25) is 14.4 Å². The molecule has 0 saturated carbocycles. The SMILES string of the molecule is NC(=O)[C@H](Cc1c[nH]c2ccccc12)NC(=O)CNC(=O)[C@H](N)CO. The van der Waals surface area contributed by atoms with Crippen LogP contribution in [0.4, 0.5) is 0 Å². The molecule has 0 aliphatic heterocycles. The molecule has 9 heteroatoms. The maximum atomic E-state index is 11.9. The lowest BCUT2D eigenvalue weighted by atomic mass is 10.0. The van der Waals surface area contributed by atoms with Crippen molar-refractivity contribution < 1.29 is 19.5 Å². The smallest absolute Gasteiger partial charge is 0.240 e. The lowest BCUT2D eigenvalue weighted by Gasteiger charge is -2.16. The number of aromatic amines is 1. The second kappa shape index (κ2) is 8.27. The van der Waals surface area contributed by atoms with E-state index < -0.39 is 36.4 Å². The van der Waals surface area contributed by atoms with Gasteiger partial charge in [0.05, 0.1) is 13.2 Å². The van der Waals surface area contributed by atoms with Crippen molar-refractivity contribution in [2.45, 2.75) is 18.5 Å². The lowest BCUT2D eigenvalue weighted by molar-refractivity contribution is -0.129. The van der Waals surface area contributed by atoms with E-state index in [4.69, 9.17) is 16.6 Å². The van der Waals surface area contributed by atoms with Gasteiger partial charge in [-0.25, -0.2) is 0 Å². The van der Waals surface area contributed by atoms with Crippen molar-refractivity contribution in [3.05, 3.63) is 36.0 Å². The molecule has 0 unspecified atom stereocenters. The summed E-state index contributed by atoms with van der Waals surface area (Å²) in [6.07, 6.45) is 1.98. The molecule has 1 aromatic heterocycles. The summed E-state index contributed by atoms with van der Waals surface area (Å²) in [5.74, 6) is -1.93. The van der Waals surface area contributed by atoms with E-state index in [0.29, 0.717) is 0 Å². The molecule has 9 nitrogen and oxygen atoms in total. The minimum absolute atomic E-state index is 0.217. The number of nitrogens with two attached hydrogens (primary N) is 2. The Hall–Kier alpha value is -2.91. The highest BCUT2D eigenvalue weighted by Crippen LogP contribution is 2.19. The number of carbonyl (C=O) groups is 3. The third-order valence-electron chi connectivity index (χ3n) is 3.73. The summed E-state index contributed by atoms with van der Waals surface area (Å²) in [5.41, 5.74) is 12.4. The molecule has 2 rings (SSSR count). The first-order valence-electron chi connectivity index (χ1n) is 7.70. The van der Waals surface area contributed by atoms with Crippen LogP contribution in [-0.4, -0.2) is 53.0 Å². The number of H-pyrrole nitrogens is 1. The second-order valence-corrected chi connectivity index (χ2v) is 5.59. The fourth-order valence-electron chi connectivity index (χ4n) is 2.37. The third kappa shape index (κ3) is 4.78. The number of hydrogen-bond acceptors (Lipinski definition) is 5. The van der Waals surface area contributed by atoms with Crippen LogP contribution in [0.5, 0.6) is 0 Å². The average molecular weight is 347 g/mol. The van der Waals surface area contributed by atoms with E-state index in [1.54, 1.807) is 6.20 Å². The number of para-hydroxylation sites is 1. The van der Waals surface area contributed by atoms with Gasteiger partial charge in [0.25, 0.3) is 0 Å². The first-order chi connectivity index (χ1) is 11.9. The Kier molecular flexibility index (Phi) is 6.09. The van der Waals surface area contributed by atoms with Crippen LogP contribution >= 0.6 is 0 Å². The molecule has 8 N–H and O–H groups in total. The predicted octanol–water partition coefficient (Wildman–Crippen LogP) is -1.88. The minimum atomic E-state index is -1.11. The zero-order chi connectivity index (χ0) is 18.4. The summed E-state index contributed by atoms with van der Waals surface area (Å²) in [7, 11) is 0. The van der Waals surface area contributed by atoms with Gasteiger partial charge in [-0.05, 0) is 11.6 Å². The molecule has 0 fully saturated rings. The number of nitrogens with one attached hydrogen (secondary N) is 3. The van der Waals surface area contributed by atoms with Gasteiger partial charge in [-0.1, -0.05) is 18.2 Å². The maximum absolute atomic E-state index is 11.9. The molecule has 3 amide bonds. The average Bonchev–Trinajstić information content (AvgIpc) is 3.01. The van der Waals surface area contributed by atoms with Crippen molar-refractivity contribution in [3.63, 3.8) is 0 Å². The van der Waals surface area contributed by atoms with E-state index in [9.17, 15) is 14.4 Å². The molecule has 1 aromatic carbocycles. The first kappa shape index (κ1) is 18.4. The molecule has 2 aromatic rings. The van der Waals surface area contributed by atoms with Crippen molar-refractivity contribution in [1.29, 1.82) is 0 Å². The summed E-state index contributed by atoms with van der Waals surface area (Å²) >= 11 is 0. The molecular weight excluding hydrogens is 326 g/mol. The van der Waals surface area contributed by atoms with Crippen LogP contribution in [0, 0.1) is 0 Å². The Labute approximate surface area is 143 Å². The summed E-state index contributed by atoms with van der Waals surface area (Å²) in [6.45, 7) is -0.901. The zero-order valence-corrected chi connectivity index (χ0v) is 13.5. The molecule has 0 aliphatic rings. The number of primary amides is 1. The van der Waals surface area contributed by atoms with Crippen LogP contribution in [0.1, 0.15) is 5.56 Å². The standard InChI is InChI=1S/C16H21N5O4/c17-11(8-22)16(25)20-7-14(23)21-13(15(18)24)5-9-6-19-12-4-2-1-3-10(9)12/h1-4,6,11,13,19,22H,5,7-8,17H2,(H2,18,24)(H,20,25)(H,21,23)/t11-,13+/m1/s1. The number of benzene rings is 1. The second-order valence-electron chi connectivity index (χ2n) is 5.59. The summed E-state index contributed by atoms with van der Waals surface area (Å²) in [6, 6.07) is 5.53. The minimum Gasteiger partial charge on any atom is -0.394 e. The number of aliphatic hydroxyl groups is 1. The Bertz CT molecular complexity index is 773. The molecule has 0 radical (unpaired) electrons. The highest BCUT2D eigenvalue weighted by molar-refractivity contribution is 5.91. The summed E-state index contributed by atoms with van der Waals surface area (Å²) in [5, 5.41) is 14.5. The molecule has 0 saturated heterocycles. The number of fused-ring (bicyclic) bond motifs is 1. The zero-order valence-electron chi connectivity index (χ0n) is 13.5. The Morgan fingerprint density at radius 2 is 1.96 bits per heavy atom. The monoisotopic (exact) mass is 347 g/mol. The van der Waals surface area contributed by atoms with Crippen molar-refractivity contribution in [3.8, 4) is 0 Å². The van der Waals surface area contributed by atoms with Gasteiger partial charge in [0.2, 0.25) is 17.7 Å². The molecule has 0 aliphatic carbocycles. The van der Waals surface area contributed by atoms with Crippen molar-refractivity contribution in [1.82, 2.24) is 15.6 Å². The highest BCUT2D eigenvalue weighted by Gasteiger charge is 2.21. The van der Waals surface area contributed by atoms with Gasteiger partial charge in [-0.2, -0.15) is 0 Å². The lowest BCUT2D eigenvalue weighted by Crippen LogP contribution is -2.51. The fourth-order valence-corrected chi connectivity index (χ4v) is 2.37. The van der Waals surface area contributed by atoms with Crippen molar-refractivity contribution >= 4 is 28.6 Å². The van der Waals surface area contributed by atoms with Gasteiger partial charge in [0, 0.05) is 23.5 Å². The Morgan fingerprint density at radius 1 is 1.24 bits per heavy atom. The van der Waals surface area contributed by atoms with Gasteiger partial charge >= 0.3 is 0 Å². The molecule has 0 spiro atoms. The summed E-state index contributed by atoms with van der Waals surface area (Å²) in [4.78, 5) is 38.1. The molecule has 134 valence electrons. The van der Waals surface area contributed by atoms with Crippen LogP contribution in [-0.2, 0) is 20.8 Å². The number of aliphatic hydroxyl groups excluding tert-OH is 1. The number of rotatable bonds is 8. The summed E-state index contributed by atoms with van der Waals surface area (Å²) < 4.78 is 0. The third-order valence-corrected chi connectivity index (χ3v) is 3.73. The van der Waals surface area contributed by atoms with Crippen LogP contribution < -0.4 is 22.1 Å². The van der Waals surface area contributed by atoms with Gasteiger partial charge in [0.1, 0.15) is 12.1 Å².